The first-order chi connectivity index (χ1) is 13.7. The zero-order chi connectivity index (χ0) is 20.8. The molecular formula is C21H23N3O3S2. The van der Waals surface area contributed by atoms with Crippen LogP contribution in [-0.4, -0.2) is 35.4 Å². The number of carbonyl (C=O) groups excluding carboxylic acids is 1. The van der Waals surface area contributed by atoms with Gasteiger partial charge >= 0.3 is 0 Å². The van der Waals surface area contributed by atoms with Gasteiger partial charge < -0.3 is 9.88 Å². The van der Waals surface area contributed by atoms with Gasteiger partial charge in [0.05, 0.1) is 23.1 Å². The van der Waals surface area contributed by atoms with Gasteiger partial charge in [0, 0.05) is 28.0 Å². The molecular weight excluding hydrogens is 406 g/mol. The average molecular weight is 430 g/mol. The zero-order valence-electron chi connectivity index (χ0n) is 16.6. The Balaban J connectivity index is 1.56. The quantitative estimate of drug-likeness (QED) is 0.682. The van der Waals surface area contributed by atoms with Crippen LogP contribution in [0.15, 0.2) is 35.7 Å². The highest BCUT2D eigenvalue weighted by Gasteiger charge is 2.33. The van der Waals surface area contributed by atoms with Crippen LogP contribution in [0.5, 0.6) is 0 Å². The number of aryl methyl sites for hydroxylation is 2. The third-order valence-electron chi connectivity index (χ3n) is 5.34. The van der Waals surface area contributed by atoms with Crippen LogP contribution in [-0.2, 0) is 14.6 Å². The Morgan fingerprint density at radius 1 is 1.21 bits per heavy atom. The van der Waals surface area contributed by atoms with E-state index in [4.69, 9.17) is 0 Å². The fourth-order valence-electron chi connectivity index (χ4n) is 3.78. The van der Waals surface area contributed by atoms with Crippen molar-refractivity contribution in [2.24, 2.45) is 5.92 Å². The van der Waals surface area contributed by atoms with Crippen LogP contribution in [0.2, 0.25) is 0 Å². The van der Waals surface area contributed by atoms with Gasteiger partial charge in [0.2, 0.25) is 5.91 Å². The number of benzene rings is 1. The zero-order valence-corrected chi connectivity index (χ0v) is 18.2. The summed E-state index contributed by atoms with van der Waals surface area (Å²) in [6.07, 6.45) is 0.379. The highest BCUT2D eigenvalue weighted by molar-refractivity contribution is 7.91. The van der Waals surface area contributed by atoms with Gasteiger partial charge in [-0.1, -0.05) is 17.7 Å². The first kappa shape index (κ1) is 19.8. The number of nitrogens with one attached hydrogen (secondary N) is 1. The Morgan fingerprint density at radius 2 is 1.93 bits per heavy atom. The number of nitrogens with zero attached hydrogens (tertiary/aromatic N) is 2. The molecule has 2 aromatic heterocycles. The summed E-state index contributed by atoms with van der Waals surface area (Å²) >= 11 is 1.35. The topological polar surface area (TPSA) is 81.1 Å². The minimum absolute atomic E-state index is 0.0746. The molecule has 4 rings (SSSR count). The first-order valence-electron chi connectivity index (χ1n) is 9.47. The summed E-state index contributed by atoms with van der Waals surface area (Å²) in [5.74, 6) is -0.746. The molecule has 1 N–H and O–H groups in total. The van der Waals surface area contributed by atoms with Crippen molar-refractivity contribution in [1.29, 1.82) is 0 Å². The van der Waals surface area contributed by atoms with Gasteiger partial charge in [0.1, 0.15) is 0 Å². The van der Waals surface area contributed by atoms with Crippen molar-refractivity contribution in [1.82, 2.24) is 9.55 Å². The van der Waals surface area contributed by atoms with Gasteiger partial charge in [0.15, 0.2) is 15.0 Å². The van der Waals surface area contributed by atoms with Crippen molar-refractivity contribution in [3.63, 3.8) is 0 Å². The summed E-state index contributed by atoms with van der Waals surface area (Å²) in [5.41, 5.74) is 6.32. The number of hydrogen-bond acceptors (Lipinski definition) is 5. The molecule has 0 aliphatic carbocycles. The van der Waals surface area contributed by atoms with Crippen molar-refractivity contribution in [2.45, 2.75) is 27.2 Å². The monoisotopic (exact) mass is 429 g/mol. The van der Waals surface area contributed by atoms with E-state index in [1.807, 2.05) is 5.38 Å². The number of hydrogen-bond donors (Lipinski definition) is 1. The average Bonchev–Trinajstić information content (AvgIpc) is 3.34. The molecule has 1 unspecified atom stereocenters. The second-order valence-electron chi connectivity index (χ2n) is 7.58. The molecule has 0 bridgehead atoms. The lowest BCUT2D eigenvalue weighted by Crippen LogP contribution is -2.23. The molecule has 0 spiro atoms. The SMILES string of the molecule is Cc1ccc(-n2c(C)cc(-c3csc(NC(=O)C4CCS(=O)(=O)C4)n3)c2C)cc1. The lowest BCUT2D eigenvalue weighted by Gasteiger charge is -2.10. The fourth-order valence-corrected chi connectivity index (χ4v) is 6.23. The molecule has 8 heteroatoms. The molecule has 1 amide bonds. The molecule has 1 aliphatic heterocycles. The minimum atomic E-state index is -3.09. The van der Waals surface area contributed by atoms with E-state index in [0.717, 1.165) is 28.3 Å². The summed E-state index contributed by atoms with van der Waals surface area (Å²) in [6, 6.07) is 10.5. The van der Waals surface area contributed by atoms with Crippen molar-refractivity contribution in [2.75, 3.05) is 16.8 Å². The van der Waals surface area contributed by atoms with E-state index in [9.17, 15) is 13.2 Å². The predicted molar refractivity (Wildman–Crippen MR) is 116 cm³/mol. The number of aromatic nitrogens is 2. The summed E-state index contributed by atoms with van der Waals surface area (Å²) in [5, 5.41) is 5.20. The van der Waals surface area contributed by atoms with E-state index in [2.05, 4.69) is 66.0 Å². The summed E-state index contributed by atoms with van der Waals surface area (Å²) in [7, 11) is -3.09. The van der Waals surface area contributed by atoms with Crippen molar-refractivity contribution in [3.8, 4) is 16.9 Å². The highest BCUT2D eigenvalue weighted by Crippen LogP contribution is 2.32. The van der Waals surface area contributed by atoms with Gasteiger partial charge in [-0.25, -0.2) is 13.4 Å². The first-order valence-corrected chi connectivity index (χ1v) is 12.2. The number of thiazole rings is 1. The summed E-state index contributed by atoms with van der Waals surface area (Å²) in [6.45, 7) is 6.19. The van der Waals surface area contributed by atoms with Crippen molar-refractivity contribution >= 4 is 32.2 Å². The van der Waals surface area contributed by atoms with Crippen LogP contribution in [0, 0.1) is 26.7 Å². The van der Waals surface area contributed by atoms with Gasteiger partial charge in [-0.3, -0.25) is 4.79 Å². The smallest absolute Gasteiger partial charge is 0.230 e. The Morgan fingerprint density at radius 3 is 2.59 bits per heavy atom. The van der Waals surface area contributed by atoms with Crippen LogP contribution in [0.1, 0.15) is 23.4 Å². The van der Waals surface area contributed by atoms with Crippen LogP contribution < -0.4 is 5.32 Å². The third-order valence-corrected chi connectivity index (χ3v) is 7.86. The van der Waals surface area contributed by atoms with Crippen LogP contribution in [0.4, 0.5) is 5.13 Å². The van der Waals surface area contributed by atoms with E-state index >= 15 is 0 Å². The maximum atomic E-state index is 12.4. The predicted octanol–water partition coefficient (Wildman–Crippen LogP) is 3.90. The van der Waals surface area contributed by atoms with Gasteiger partial charge in [-0.2, -0.15) is 0 Å². The number of rotatable bonds is 4. The molecule has 0 saturated carbocycles. The normalized spacial score (nSPS) is 18.1. The molecule has 1 atom stereocenters. The minimum Gasteiger partial charge on any atom is -0.318 e. The number of carbonyl (C=O) groups is 1. The Hall–Kier alpha value is -2.45. The molecule has 3 heterocycles. The van der Waals surface area contributed by atoms with Gasteiger partial charge in [0.25, 0.3) is 0 Å². The van der Waals surface area contributed by atoms with Gasteiger partial charge in [-0.05, 0) is 45.4 Å². The largest absolute Gasteiger partial charge is 0.318 e. The molecule has 1 fully saturated rings. The van der Waals surface area contributed by atoms with E-state index in [1.165, 1.54) is 16.9 Å². The second kappa shape index (κ2) is 7.42. The second-order valence-corrected chi connectivity index (χ2v) is 10.7. The number of anilines is 1. The Kier molecular flexibility index (Phi) is 5.08. The molecule has 6 nitrogen and oxygen atoms in total. The van der Waals surface area contributed by atoms with Crippen LogP contribution >= 0.6 is 11.3 Å². The van der Waals surface area contributed by atoms with Gasteiger partial charge in [-0.15, -0.1) is 11.3 Å². The molecule has 0 radical (unpaired) electrons. The standard InChI is InChI=1S/C21H23N3O3S2/c1-13-4-6-17(7-5-13)24-14(2)10-18(15(24)3)19-11-28-21(22-19)23-20(25)16-8-9-29(26,27)12-16/h4-7,10-11,16H,8-9,12H2,1-3H3,(H,22,23,25). The molecule has 152 valence electrons. The Labute approximate surface area is 174 Å². The van der Waals surface area contributed by atoms with Crippen molar-refractivity contribution < 1.29 is 13.2 Å². The molecule has 1 aliphatic rings. The number of sulfone groups is 1. The lowest BCUT2D eigenvalue weighted by atomic mass is 10.1. The van der Waals surface area contributed by atoms with E-state index in [1.54, 1.807) is 0 Å². The van der Waals surface area contributed by atoms with E-state index < -0.39 is 15.8 Å². The molecule has 1 saturated heterocycles. The van der Waals surface area contributed by atoms with Crippen LogP contribution in [0.3, 0.4) is 0 Å². The Bertz CT molecular complexity index is 1170. The third kappa shape index (κ3) is 4.00. The van der Waals surface area contributed by atoms with E-state index in [0.29, 0.717) is 11.6 Å². The van der Waals surface area contributed by atoms with Crippen molar-refractivity contribution in [3.05, 3.63) is 52.7 Å². The summed E-state index contributed by atoms with van der Waals surface area (Å²) in [4.78, 5) is 16.9. The van der Waals surface area contributed by atoms with E-state index in [-0.39, 0.29) is 17.4 Å². The number of amides is 1. The summed E-state index contributed by atoms with van der Waals surface area (Å²) < 4.78 is 25.4. The van der Waals surface area contributed by atoms with Crippen LogP contribution in [0.25, 0.3) is 16.9 Å². The maximum Gasteiger partial charge on any atom is 0.230 e. The lowest BCUT2D eigenvalue weighted by molar-refractivity contribution is -0.119. The molecule has 3 aromatic rings. The molecule has 29 heavy (non-hydrogen) atoms. The molecule has 1 aromatic carbocycles. The maximum absolute atomic E-state index is 12.4. The fraction of sp³-hybridized carbons (Fsp3) is 0.333. The highest BCUT2D eigenvalue weighted by atomic mass is 32.2.